The Morgan fingerprint density at radius 3 is 2.50 bits per heavy atom. The number of carbonyl (C=O) groups excluding carboxylic acids is 1. The van der Waals surface area contributed by atoms with E-state index in [-0.39, 0.29) is 5.91 Å². The van der Waals surface area contributed by atoms with Crippen LogP contribution in [0.25, 0.3) is 5.13 Å². The number of amides is 1. The lowest BCUT2D eigenvalue weighted by Crippen LogP contribution is -2.49. The second kappa shape index (κ2) is 7.93. The van der Waals surface area contributed by atoms with Gasteiger partial charge in [-0.3, -0.25) is 4.79 Å². The van der Waals surface area contributed by atoms with Crippen molar-refractivity contribution in [3.63, 3.8) is 0 Å². The average molecular weight is 416 g/mol. The molecule has 1 fully saturated rings. The number of thiazole rings is 1. The summed E-state index contributed by atoms with van der Waals surface area (Å²) in [5, 5.41) is 7.76. The van der Waals surface area contributed by atoms with Crippen LogP contribution in [0, 0.1) is 13.8 Å². The van der Waals surface area contributed by atoms with Gasteiger partial charge in [-0.15, -0.1) is 11.3 Å². The number of aromatic nitrogens is 3. The van der Waals surface area contributed by atoms with Gasteiger partial charge in [0.05, 0.1) is 28.5 Å². The van der Waals surface area contributed by atoms with Crippen molar-refractivity contribution in [3.05, 3.63) is 57.8 Å². The van der Waals surface area contributed by atoms with Gasteiger partial charge in [-0.1, -0.05) is 29.8 Å². The third-order valence-electron chi connectivity index (χ3n) is 5.01. The normalized spacial score (nSPS) is 14.5. The van der Waals surface area contributed by atoms with Crippen molar-refractivity contribution >= 4 is 34.5 Å². The Bertz CT molecular complexity index is 976. The highest BCUT2D eigenvalue weighted by Gasteiger charge is 2.22. The van der Waals surface area contributed by atoms with Crippen molar-refractivity contribution < 1.29 is 4.79 Å². The standard InChI is InChI=1S/C20H22ClN5OS/c1-14-19(21)15(2)26(23-14)20-22-16(13-28-20)12-18(27)25-10-8-24(9-11-25)17-6-4-3-5-7-17/h3-7,13H,8-12H2,1-2H3. The first kappa shape index (κ1) is 19.0. The lowest BCUT2D eigenvalue weighted by molar-refractivity contribution is -0.130. The molecule has 4 rings (SSSR count). The lowest BCUT2D eigenvalue weighted by Gasteiger charge is -2.36. The number of aryl methyl sites for hydroxylation is 1. The quantitative estimate of drug-likeness (QED) is 0.654. The summed E-state index contributed by atoms with van der Waals surface area (Å²) >= 11 is 7.70. The summed E-state index contributed by atoms with van der Waals surface area (Å²) < 4.78 is 1.74. The van der Waals surface area contributed by atoms with E-state index in [0.717, 1.165) is 48.4 Å². The predicted octanol–water partition coefficient (Wildman–Crippen LogP) is 3.49. The zero-order valence-corrected chi connectivity index (χ0v) is 17.5. The number of piperazine rings is 1. The van der Waals surface area contributed by atoms with Crippen LogP contribution < -0.4 is 4.90 Å². The molecular weight excluding hydrogens is 394 g/mol. The van der Waals surface area contributed by atoms with Crippen molar-refractivity contribution in [2.75, 3.05) is 31.1 Å². The van der Waals surface area contributed by atoms with Crippen LogP contribution in [0.5, 0.6) is 0 Å². The summed E-state index contributed by atoms with van der Waals surface area (Å²) in [6, 6.07) is 10.3. The van der Waals surface area contributed by atoms with Gasteiger partial charge in [0, 0.05) is 37.2 Å². The molecule has 0 radical (unpaired) electrons. The molecule has 1 amide bonds. The summed E-state index contributed by atoms with van der Waals surface area (Å²) in [6.45, 7) is 6.96. The second-order valence-corrected chi connectivity index (χ2v) is 8.11. The minimum Gasteiger partial charge on any atom is -0.368 e. The SMILES string of the molecule is Cc1nn(-c2nc(CC(=O)N3CCN(c4ccccc4)CC3)cs2)c(C)c1Cl. The number of anilines is 1. The maximum Gasteiger partial charge on any atom is 0.228 e. The van der Waals surface area contributed by atoms with E-state index in [9.17, 15) is 4.79 Å². The Hall–Kier alpha value is -2.38. The number of halogens is 1. The van der Waals surface area contributed by atoms with Crippen molar-refractivity contribution in [1.29, 1.82) is 0 Å². The van der Waals surface area contributed by atoms with Crippen LogP contribution in [0.4, 0.5) is 5.69 Å². The van der Waals surface area contributed by atoms with Crippen LogP contribution in [0.15, 0.2) is 35.7 Å². The third kappa shape index (κ3) is 3.77. The van der Waals surface area contributed by atoms with Crippen LogP contribution >= 0.6 is 22.9 Å². The van der Waals surface area contributed by atoms with Gasteiger partial charge >= 0.3 is 0 Å². The highest BCUT2D eigenvalue weighted by atomic mass is 35.5. The molecule has 1 aliphatic rings. The molecule has 0 atom stereocenters. The van der Waals surface area contributed by atoms with E-state index in [2.05, 4.69) is 27.1 Å². The first-order valence-electron chi connectivity index (χ1n) is 9.27. The molecule has 0 unspecified atom stereocenters. The fourth-order valence-electron chi connectivity index (χ4n) is 3.40. The minimum absolute atomic E-state index is 0.121. The lowest BCUT2D eigenvalue weighted by atomic mass is 10.2. The van der Waals surface area contributed by atoms with Crippen LogP contribution in [0.3, 0.4) is 0 Å². The molecule has 28 heavy (non-hydrogen) atoms. The van der Waals surface area contributed by atoms with Crippen LogP contribution in [0.2, 0.25) is 5.02 Å². The number of nitrogens with zero attached hydrogens (tertiary/aromatic N) is 5. The van der Waals surface area contributed by atoms with Crippen molar-refractivity contribution in [2.24, 2.45) is 0 Å². The largest absolute Gasteiger partial charge is 0.368 e. The number of para-hydroxylation sites is 1. The molecule has 8 heteroatoms. The Morgan fingerprint density at radius 1 is 1.14 bits per heavy atom. The molecule has 146 valence electrons. The van der Waals surface area contributed by atoms with Gasteiger partial charge in [0.2, 0.25) is 11.0 Å². The van der Waals surface area contributed by atoms with Crippen molar-refractivity contribution in [2.45, 2.75) is 20.3 Å². The highest BCUT2D eigenvalue weighted by molar-refractivity contribution is 7.12. The summed E-state index contributed by atoms with van der Waals surface area (Å²) in [5.74, 6) is 0.121. The fourth-order valence-corrected chi connectivity index (χ4v) is 4.35. The molecule has 0 bridgehead atoms. The number of rotatable bonds is 4. The zero-order valence-electron chi connectivity index (χ0n) is 15.9. The summed E-state index contributed by atoms with van der Waals surface area (Å²) in [5.41, 5.74) is 3.63. The van der Waals surface area contributed by atoms with Crippen molar-refractivity contribution in [1.82, 2.24) is 19.7 Å². The molecule has 1 aliphatic heterocycles. The molecule has 0 N–H and O–H groups in total. The van der Waals surface area contributed by atoms with E-state index < -0.39 is 0 Å². The van der Waals surface area contributed by atoms with Gasteiger partial charge in [-0.25, -0.2) is 9.67 Å². The molecule has 0 spiro atoms. The molecule has 6 nitrogen and oxygen atoms in total. The van der Waals surface area contributed by atoms with Gasteiger partial charge in [-0.05, 0) is 26.0 Å². The first-order valence-corrected chi connectivity index (χ1v) is 10.5. The highest BCUT2D eigenvalue weighted by Crippen LogP contribution is 2.24. The maximum atomic E-state index is 12.7. The molecule has 0 aliphatic carbocycles. The van der Waals surface area contributed by atoms with E-state index in [1.54, 1.807) is 4.68 Å². The Kier molecular flexibility index (Phi) is 5.37. The fraction of sp³-hybridized carbons (Fsp3) is 0.350. The number of carbonyl (C=O) groups is 1. The van der Waals surface area contributed by atoms with E-state index in [0.29, 0.717) is 11.4 Å². The molecule has 3 heterocycles. The van der Waals surface area contributed by atoms with Gasteiger partial charge in [-0.2, -0.15) is 5.10 Å². The monoisotopic (exact) mass is 415 g/mol. The van der Waals surface area contributed by atoms with Gasteiger partial charge in [0.15, 0.2) is 0 Å². The summed E-state index contributed by atoms with van der Waals surface area (Å²) in [7, 11) is 0. The third-order valence-corrected chi connectivity index (χ3v) is 6.42. The van der Waals surface area contributed by atoms with Gasteiger partial charge in [0.25, 0.3) is 0 Å². The molecule has 2 aromatic heterocycles. The Labute approximate surface area is 173 Å². The zero-order chi connectivity index (χ0) is 19.7. The molecular formula is C20H22ClN5OS. The average Bonchev–Trinajstić information content (AvgIpc) is 3.28. The predicted molar refractivity (Wildman–Crippen MR) is 113 cm³/mol. The number of hydrogen-bond donors (Lipinski definition) is 0. The van der Waals surface area contributed by atoms with E-state index in [1.807, 2.05) is 42.3 Å². The Morgan fingerprint density at radius 2 is 1.86 bits per heavy atom. The summed E-state index contributed by atoms with van der Waals surface area (Å²) in [6.07, 6.45) is 0.314. The molecule has 3 aromatic rings. The number of benzene rings is 1. The summed E-state index contributed by atoms with van der Waals surface area (Å²) in [4.78, 5) is 21.6. The maximum absolute atomic E-state index is 12.7. The number of hydrogen-bond acceptors (Lipinski definition) is 5. The topological polar surface area (TPSA) is 54.3 Å². The van der Waals surface area contributed by atoms with Gasteiger partial charge in [0.1, 0.15) is 0 Å². The van der Waals surface area contributed by atoms with Gasteiger partial charge < -0.3 is 9.80 Å². The van der Waals surface area contributed by atoms with Crippen molar-refractivity contribution in [3.8, 4) is 5.13 Å². The smallest absolute Gasteiger partial charge is 0.228 e. The molecule has 1 aromatic carbocycles. The van der Waals surface area contributed by atoms with Crippen LogP contribution in [0.1, 0.15) is 17.1 Å². The Balaban J connectivity index is 1.37. The molecule has 0 saturated carbocycles. The van der Waals surface area contributed by atoms with Crippen LogP contribution in [-0.2, 0) is 11.2 Å². The van der Waals surface area contributed by atoms with E-state index >= 15 is 0 Å². The first-order chi connectivity index (χ1) is 13.5. The van der Waals surface area contributed by atoms with Crippen LogP contribution in [-0.4, -0.2) is 51.8 Å². The van der Waals surface area contributed by atoms with E-state index in [1.165, 1.54) is 17.0 Å². The van der Waals surface area contributed by atoms with E-state index in [4.69, 9.17) is 11.6 Å². The molecule has 1 saturated heterocycles. The second-order valence-electron chi connectivity index (χ2n) is 6.90. The minimum atomic E-state index is 0.121.